The van der Waals surface area contributed by atoms with Gasteiger partial charge in [-0.1, -0.05) is 6.92 Å². The van der Waals surface area contributed by atoms with Crippen LogP contribution in [-0.2, 0) is 14.3 Å². The minimum Gasteiger partial charge on any atom is -0.459 e. The van der Waals surface area contributed by atoms with Crippen molar-refractivity contribution in [2.24, 2.45) is 5.92 Å². The van der Waals surface area contributed by atoms with Gasteiger partial charge in [0.1, 0.15) is 0 Å². The minimum atomic E-state index is -0.351. The second-order valence-corrected chi connectivity index (χ2v) is 5.69. The number of ether oxygens (including phenoxy) is 2. The zero-order valence-corrected chi connectivity index (χ0v) is 12.1. The molecular formula is C15H25NO4. The van der Waals surface area contributed by atoms with Crippen LogP contribution in [0.4, 0.5) is 0 Å². The average Bonchev–Trinajstić information content (AvgIpc) is 2.38. The molecule has 5 heteroatoms. The number of aliphatic hydroxyl groups excluding tert-OH is 1. The molecule has 1 aliphatic heterocycles. The number of rotatable bonds is 7. The molecular weight excluding hydrogens is 258 g/mol. The molecule has 5 nitrogen and oxygen atoms in total. The van der Waals surface area contributed by atoms with E-state index >= 15 is 0 Å². The number of hydrogen-bond donors (Lipinski definition) is 2. The van der Waals surface area contributed by atoms with Gasteiger partial charge in [0.05, 0.1) is 6.61 Å². The SMILES string of the molecule is C[C@H]1C=C(C(=O)NC2CCC2)O[C@@H](OCCCCO)C1. The van der Waals surface area contributed by atoms with E-state index in [2.05, 4.69) is 12.2 Å². The lowest BCUT2D eigenvalue weighted by Crippen LogP contribution is -2.42. The maximum Gasteiger partial charge on any atom is 0.286 e. The number of allylic oxidation sites excluding steroid dienone is 1. The Labute approximate surface area is 120 Å². The number of nitrogens with one attached hydrogen (secondary N) is 1. The zero-order valence-electron chi connectivity index (χ0n) is 12.1. The standard InChI is InChI=1S/C15H25NO4/c1-11-9-13(15(18)16-12-5-4-6-12)20-14(10-11)19-8-3-2-7-17/h9,11-12,14,17H,2-8,10H2,1H3,(H,16,18)/t11-,14+/m0/s1. The summed E-state index contributed by atoms with van der Waals surface area (Å²) >= 11 is 0. The Hall–Kier alpha value is -1.07. The van der Waals surface area contributed by atoms with Gasteiger partial charge >= 0.3 is 0 Å². The lowest BCUT2D eigenvalue weighted by molar-refractivity contribution is -0.149. The molecule has 0 saturated heterocycles. The smallest absolute Gasteiger partial charge is 0.286 e. The molecule has 0 aromatic heterocycles. The lowest BCUT2D eigenvalue weighted by atomic mass is 9.93. The first kappa shape index (κ1) is 15.3. The molecule has 2 aliphatic rings. The molecule has 1 fully saturated rings. The molecule has 0 radical (unpaired) electrons. The highest BCUT2D eigenvalue weighted by Crippen LogP contribution is 2.24. The highest BCUT2D eigenvalue weighted by atomic mass is 16.7. The van der Waals surface area contributed by atoms with E-state index in [1.165, 1.54) is 6.42 Å². The summed E-state index contributed by atoms with van der Waals surface area (Å²) in [4.78, 5) is 12.1. The Kier molecular flexibility index (Phi) is 5.86. The normalized spacial score (nSPS) is 26.4. The summed E-state index contributed by atoms with van der Waals surface area (Å²) in [7, 11) is 0. The number of carbonyl (C=O) groups is 1. The van der Waals surface area contributed by atoms with Crippen LogP contribution in [0.3, 0.4) is 0 Å². The van der Waals surface area contributed by atoms with E-state index in [0.717, 1.165) is 32.1 Å². The molecule has 2 N–H and O–H groups in total. The molecule has 1 amide bonds. The first-order valence-electron chi connectivity index (χ1n) is 7.61. The molecule has 20 heavy (non-hydrogen) atoms. The number of amides is 1. The van der Waals surface area contributed by atoms with E-state index in [0.29, 0.717) is 18.4 Å². The van der Waals surface area contributed by atoms with Gasteiger partial charge in [0.15, 0.2) is 5.76 Å². The van der Waals surface area contributed by atoms with Gasteiger partial charge in [0.2, 0.25) is 6.29 Å². The van der Waals surface area contributed by atoms with E-state index < -0.39 is 0 Å². The number of aliphatic hydroxyl groups is 1. The molecule has 0 unspecified atom stereocenters. The molecule has 0 spiro atoms. The van der Waals surface area contributed by atoms with Crippen LogP contribution in [-0.4, -0.2) is 36.6 Å². The molecule has 1 heterocycles. The predicted octanol–water partition coefficient (Wildman–Crippen LogP) is 1.71. The molecule has 114 valence electrons. The van der Waals surface area contributed by atoms with Crippen LogP contribution in [0.1, 0.15) is 45.4 Å². The van der Waals surface area contributed by atoms with Crippen molar-refractivity contribution in [2.75, 3.05) is 13.2 Å². The summed E-state index contributed by atoms with van der Waals surface area (Å²) in [6, 6.07) is 0.313. The number of unbranched alkanes of at least 4 members (excludes halogenated alkanes) is 1. The molecule has 0 aromatic carbocycles. The molecule has 0 bridgehead atoms. The summed E-state index contributed by atoms with van der Waals surface area (Å²) in [5.74, 6) is 0.543. The Morgan fingerprint density at radius 2 is 2.30 bits per heavy atom. The fourth-order valence-corrected chi connectivity index (χ4v) is 2.33. The minimum absolute atomic E-state index is 0.120. The van der Waals surface area contributed by atoms with Crippen molar-refractivity contribution >= 4 is 5.91 Å². The van der Waals surface area contributed by atoms with Crippen LogP contribution in [0.5, 0.6) is 0 Å². The first-order chi connectivity index (χ1) is 9.69. The topological polar surface area (TPSA) is 67.8 Å². The second kappa shape index (κ2) is 7.64. The van der Waals surface area contributed by atoms with E-state index in [1.54, 1.807) is 0 Å². The molecule has 2 atom stereocenters. The van der Waals surface area contributed by atoms with Gasteiger partial charge in [-0.25, -0.2) is 0 Å². The van der Waals surface area contributed by atoms with Crippen molar-refractivity contribution in [3.8, 4) is 0 Å². The summed E-state index contributed by atoms with van der Waals surface area (Å²) in [6.45, 7) is 2.79. The molecule has 1 saturated carbocycles. The van der Waals surface area contributed by atoms with Gasteiger partial charge in [0.25, 0.3) is 5.91 Å². The number of carbonyl (C=O) groups excluding carboxylic acids is 1. The fourth-order valence-electron chi connectivity index (χ4n) is 2.33. The van der Waals surface area contributed by atoms with Gasteiger partial charge < -0.3 is 19.9 Å². The first-order valence-corrected chi connectivity index (χ1v) is 7.61. The Morgan fingerprint density at radius 1 is 1.50 bits per heavy atom. The third-order valence-corrected chi connectivity index (χ3v) is 3.78. The fraction of sp³-hybridized carbons (Fsp3) is 0.800. The Balaban J connectivity index is 1.78. The van der Waals surface area contributed by atoms with Crippen LogP contribution < -0.4 is 5.32 Å². The van der Waals surface area contributed by atoms with Crippen molar-refractivity contribution in [2.45, 2.75) is 57.8 Å². The van der Waals surface area contributed by atoms with E-state index in [1.807, 2.05) is 6.08 Å². The van der Waals surface area contributed by atoms with E-state index in [-0.39, 0.29) is 24.7 Å². The third kappa shape index (κ3) is 4.49. The summed E-state index contributed by atoms with van der Waals surface area (Å²) in [5, 5.41) is 11.7. The van der Waals surface area contributed by atoms with Crippen molar-refractivity contribution in [3.05, 3.63) is 11.8 Å². The van der Waals surface area contributed by atoms with Gasteiger partial charge in [-0.3, -0.25) is 4.79 Å². The molecule has 2 rings (SSSR count). The quantitative estimate of drug-likeness (QED) is 0.698. The molecule has 1 aliphatic carbocycles. The summed E-state index contributed by atoms with van der Waals surface area (Å²) in [5.41, 5.74) is 0. The monoisotopic (exact) mass is 283 g/mol. The average molecular weight is 283 g/mol. The maximum atomic E-state index is 12.1. The van der Waals surface area contributed by atoms with Crippen LogP contribution in [0, 0.1) is 5.92 Å². The van der Waals surface area contributed by atoms with Crippen molar-refractivity contribution < 1.29 is 19.4 Å². The lowest BCUT2D eigenvalue weighted by Gasteiger charge is -2.30. The van der Waals surface area contributed by atoms with Gasteiger partial charge in [-0.15, -0.1) is 0 Å². The van der Waals surface area contributed by atoms with E-state index in [4.69, 9.17) is 14.6 Å². The maximum absolute atomic E-state index is 12.1. The van der Waals surface area contributed by atoms with Crippen LogP contribution in [0.15, 0.2) is 11.8 Å². The van der Waals surface area contributed by atoms with Gasteiger partial charge in [0, 0.05) is 19.1 Å². The largest absolute Gasteiger partial charge is 0.459 e. The highest BCUT2D eigenvalue weighted by molar-refractivity contribution is 5.91. The molecule has 0 aromatic rings. The third-order valence-electron chi connectivity index (χ3n) is 3.78. The number of hydrogen-bond acceptors (Lipinski definition) is 4. The van der Waals surface area contributed by atoms with Crippen molar-refractivity contribution in [1.82, 2.24) is 5.32 Å². The van der Waals surface area contributed by atoms with Crippen LogP contribution >= 0.6 is 0 Å². The van der Waals surface area contributed by atoms with Crippen molar-refractivity contribution in [3.63, 3.8) is 0 Å². The van der Waals surface area contributed by atoms with E-state index in [9.17, 15) is 4.79 Å². The summed E-state index contributed by atoms with van der Waals surface area (Å²) in [6.07, 6.45) is 7.14. The predicted molar refractivity (Wildman–Crippen MR) is 74.8 cm³/mol. The van der Waals surface area contributed by atoms with Gasteiger partial charge in [-0.2, -0.15) is 0 Å². The Morgan fingerprint density at radius 3 is 2.95 bits per heavy atom. The summed E-state index contributed by atoms with van der Waals surface area (Å²) < 4.78 is 11.3. The highest BCUT2D eigenvalue weighted by Gasteiger charge is 2.28. The van der Waals surface area contributed by atoms with Crippen molar-refractivity contribution in [1.29, 1.82) is 0 Å². The van der Waals surface area contributed by atoms with Crippen LogP contribution in [0.25, 0.3) is 0 Å². The zero-order chi connectivity index (χ0) is 14.4. The second-order valence-electron chi connectivity index (χ2n) is 5.69. The van der Waals surface area contributed by atoms with Gasteiger partial charge in [-0.05, 0) is 44.1 Å². The Bertz CT molecular complexity index is 352. The van der Waals surface area contributed by atoms with Crippen LogP contribution in [0.2, 0.25) is 0 Å².